The molecule has 0 aliphatic rings. The third kappa shape index (κ3) is 6.83. The van der Waals surface area contributed by atoms with Gasteiger partial charge in [-0.2, -0.15) is 35.9 Å². The van der Waals surface area contributed by atoms with Crippen molar-refractivity contribution in [2.75, 3.05) is 6.61 Å². The molecule has 0 aliphatic heterocycles. The van der Waals surface area contributed by atoms with Gasteiger partial charge in [-0.15, -0.1) is 0 Å². The van der Waals surface area contributed by atoms with E-state index in [-0.39, 0.29) is 32.4 Å². The summed E-state index contributed by atoms with van der Waals surface area (Å²) in [5.41, 5.74) is 6.87. The summed E-state index contributed by atoms with van der Waals surface area (Å²) in [6, 6.07) is 34.2. The molecule has 2 N–H and O–H groups in total. The Bertz CT molecular complexity index is 1610. The second kappa shape index (κ2) is 13.6. The van der Waals surface area contributed by atoms with Crippen molar-refractivity contribution in [3.8, 4) is 11.3 Å². The van der Waals surface area contributed by atoms with E-state index in [1.165, 1.54) is 6.07 Å². The molecule has 5 aromatic rings. The number of aromatic nitrogens is 3. The molecule has 1 radical (unpaired) electrons. The fourth-order valence-corrected chi connectivity index (χ4v) is 5.12. The largest absolute Gasteiger partial charge is 0.477 e. The molecular weight excluding hydrogens is 691 g/mol. The molecule has 5 rings (SSSR count). The Labute approximate surface area is 253 Å². The average molecular weight is 721 g/mol. The zero-order valence-corrected chi connectivity index (χ0v) is 25.0. The van der Waals surface area contributed by atoms with Gasteiger partial charge in [-0.1, -0.05) is 43.3 Å². The van der Waals surface area contributed by atoms with E-state index in [1.54, 1.807) is 12.3 Å². The molecule has 0 spiro atoms. The standard InChI is InChI=1S/C34H30N3O3.Ir/c1-34(19-21-38,26-12-3-2-4-13-26)31-18-9-15-28(37-31)23-25-11-7-10-24(32(25)29-16-5-6-20-35-29)22-27-14-8-17-30(36-27)33(39)40;/h2-12,14-18,20,38H,19,21-23H2,1H3,(H,39,40);/q-1;. The number of carboxylic acids is 1. The van der Waals surface area contributed by atoms with Crippen molar-refractivity contribution in [3.05, 3.63) is 149 Å². The molecular formula is C34H30IrN3O3-. The molecule has 0 fully saturated rings. The Morgan fingerprint density at radius 1 is 0.829 bits per heavy atom. The summed E-state index contributed by atoms with van der Waals surface area (Å²) in [5.74, 6) is -1.05. The van der Waals surface area contributed by atoms with Crippen LogP contribution in [0, 0.1) is 6.07 Å². The molecule has 0 aliphatic carbocycles. The Balaban J connectivity index is 0.00000387. The van der Waals surface area contributed by atoms with Crippen molar-refractivity contribution < 1.29 is 35.1 Å². The summed E-state index contributed by atoms with van der Waals surface area (Å²) in [6.45, 7) is 2.13. The molecule has 0 saturated carbocycles. The molecule has 1 unspecified atom stereocenters. The van der Waals surface area contributed by atoms with Crippen LogP contribution in [0.1, 0.15) is 57.6 Å². The van der Waals surface area contributed by atoms with E-state index < -0.39 is 11.4 Å². The van der Waals surface area contributed by atoms with Crippen LogP contribution in [0.15, 0.2) is 103 Å². The van der Waals surface area contributed by atoms with Crippen molar-refractivity contribution >= 4 is 5.97 Å². The van der Waals surface area contributed by atoms with Gasteiger partial charge >= 0.3 is 5.97 Å². The van der Waals surface area contributed by atoms with Crippen molar-refractivity contribution in [2.24, 2.45) is 0 Å². The molecule has 0 bridgehead atoms. The second-order valence-corrected chi connectivity index (χ2v) is 9.94. The van der Waals surface area contributed by atoms with E-state index in [1.807, 2.05) is 78.9 Å². The van der Waals surface area contributed by atoms with Crippen LogP contribution >= 0.6 is 0 Å². The summed E-state index contributed by atoms with van der Waals surface area (Å²) in [6.07, 6.45) is 3.34. The first-order chi connectivity index (χ1) is 19.5. The number of hydrogen-bond donors (Lipinski definition) is 2. The van der Waals surface area contributed by atoms with Crippen LogP contribution in [0.2, 0.25) is 0 Å². The quantitative estimate of drug-likeness (QED) is 0.175. The normalized spacial score (nSPS) is 12.2. The van der Waals surface area contributed by atoms with Gasteiger partial charge in [0.1, 0.15) is 5.69 Å². The van der Waals surface area contributed by atoms with E-state index in [0.29, 0.717) is 25.0 Å². The number of aromatic carboxylic acids is 1. The number of carbonyl (C=O) groups is 1. The number of benzene rings is 2. The predicted octanol–water partition coefficient (Wildman–Crippen LogP) is 5.90. The van der Waals surface area contributed by atoms with E-state index in [9.17, 15) is 15.0 Å². The number of pyridine rings is 3. The average Bonchev–Trinajstić information content (AvgIpc) is 2.98. The monoisotopic (exact) mass is 721 g/mol. The first-order valence-corrected chi connectivity index (χ1v) is 13.2. The van der Waals surface area contributed by atoms with Gasteiger partial charge in [0.05, 0.1) is 5.69 Å². The molecule has 3 aromatic heterocycles. The third-order valence-corrected chi connectivity index (χ3v) is 7.21. The Morgan fingerprint density at radius 3 is 2.15 bits per heavy atom. The Kier molecular flexibility index (Phi) is 9.90. The SMILES string of the molecule is CC(CCO)(c1[c-]cccc1)c1cccc(Cc2cccc(Cc3cccc(C(=O)O)n3)c2-c2ccccn2)n1.[Ir]. The molecule has 1 atom stereocenters. The van der Waals surface area contributed by atoms with Gasteiger partial charge in [0.2, 0.25) is 0 Å². The van der Waals surface area contributed by atoms with Crippen molar-refractivity contribution in [2.45, 2.75) is 31.6 Å². The van der Waals surface area contributed by atoms with E-state index >= 15 is 0 Å². The van der Waals surface area contributed by atoms with Gasteiger partial charge in [-0.3, -0.25) is 9.97 Å². The summed E-state index contributed by atoms with van der Waals surface area (Å²) < 4.78 is 0. The third-order valence-electron chi connectivity index (χ3n) is 7.21. The van der Waals surface area contributed by atoms with E-state index in [0.717, 1.165) is 39.3 Å². The fraction of sp³-hybridized carbons (Fsp3) is 0.176. The van der Waals surface area contributed by atoms with Gasteiger partial charge < -0.3 is 10.2 Å². The number of aliphatic hydroxyl groups is 1. The second-order valence-electron chi connectivity index (χ2n) is 9.94. The van der Waals surface area contributed by atoms with Crippen LogP contribution in [-0.2, 0) is 38.4 Å². The number of rotatable bonds is 10. The topological polar surface area (TPSA) is 96.2 Å². The van der Waals surface area contributed by atoms with Crippen LogP contribution in [0.5, 0.6) is 0 Å². The van der Waals surface area contributed by atoms with E-state index in [4.69, 9.17) is 4.98 Å². The van der Waals surface area contributed by atoms with Crippen LogP contribution in [0.3, 0.4) is 0 Å². The molecule has 3 heterocycles. The Morgan fingerprint density at radius 2 is 1.51 bits per heavy atom. The van der Waals surface area contributed by atoms with Crippen molar-refractivity contribution in [3.63, 3.8) is 0 Å². The first kappa shape index (κ1) is 29.9. The van der Waals surface area contributed by atoms with Gasteiger partial charge in [0.15, 0.2) is 0 Å². The van der Waals surface area contributed by atoms with Gasteiger partial charge in [-0.25, -0.2) is 9.78 Å². The number of hydrogen-bond acceptors (Lipinski definition) is 5. The zero-order chi connectivity index (χ0) is 28.0. The van der Waals surface area contributed by atoms with Gasteiger partial charge in [0.25, 0.3) is 0 Å². The maximum Gasteiger partial charge on any atom is 0.354 e. The summed E-state index contributed by atoms with van der Waals surface area (Å²) in [5, 5.41) is 19.3. The minimum Gasteiger partial charge on any atom is -0.477 e. The molecule has 0 saturated heterocycles. The smallest absolute Gasteiger partial charge is 0.354 e. The molecule has 7 heteroatoms. The van der Waals surface area contributed by atoms with Crippen LogP contribution in [0.4, 0.5) is 0 Å². The van der Waals surface area contributed by atoms with E-state index in [2.05, 4.69) is 29.0 Å². The number of aliphatic hydroxyl groups excluding tert-OH is 1. The fourth-order valence-electron chi connectivity index (χ4n) is 5.12. The van der Waals surface area contributed by atoms with Crippen LogP contribution < -0.4 is 0 Å². The molecule has 0 amide bonds. The molecule has 6 nitrogen and oxygen atoms in total. The molecule has 2 aromatic carbocycles. The van der Waals surface area contributed by atoms with Crippen molar-refractivity contribution in [1.29, 1.82) is 0 Å². The van der Waals surface area contributed by atoms with Crippen LogP contribution in [0.25, 0.3) is 11.3 Å². The number of nitrogens with zero attached hydrogens (tertiary/aromatic N) is 3. The summed E-state index contributed by atoms with van der Waals surface area (Å²) in [4.78, 5) is 25.6. The van der Waals surface area contributed by atoms with Gasteiger partial charge in [0, 0.05) is 73.8 Å². The minimum absolute atomic E-state index is 0. The zero-order valence-electron chi connectivity index (χ0n) is 22.6. The van der Waals surface area contributed by atoms with Crippen molar-refractivity contribution in [1.82, 2.24) is 15.0 Å². The maximum absolute atomic E-state index is 11.5. The minimum atomic E-state index is -1.05. The van der Waals surface area contributed by atoms with Crippen LogP contribution in [-0.4, -0.2) is 37.7 Å². The molecule has 41 heavy (non-hydrogen) atoms. The summed E-state index contributed by atoms with van der Waals surface area (Å²) >= 11 is 0. The predicted molar refractivity (Wildman–Crippen MR) is 154 cm³/mol. The molecule has 209 valence electrons. The summed E-state index contributed by atoms with van der Waals surface area (Å²) in [7, 11) is 0. The number of carboxylic acid groups (broad SMARTS) is 1. The Hall–Kier alpha value is -4.03. The van der Waals surface area contributed by atoms with Gasteiger partial charge in [-0.05, 0) is 53.9 Å². The first-order valence-electron chi connectivity index (χ1n) is 13.2. The maximum atomic E-state index is 11.5.